The first-order valence-corrected chi connectivity index (χ1v) is 3.41. The number of nitrogens with zero attached hydrogens (tertiary/aromatic N) is 2. The van der Waals surface area contributed by atoms with Crippen LogP contribution in [0.15, 0.2) is 12.3 Å². The lowest BCUT2D eigenvalue weighted by atomic mass is 10.3. The zero-order chi connectivity index (χ0) is 7.40. The van der Waals surface area contributed by atoms with Gasteiger partial charge in [-0.25, -0.2) is 0 Å². The molecule has 0 unspecified atom stereocenters. The van der Waals surface area contributed by atoms with Crippen LogP contribution in [0.1, 0.15) is 12.8 Å². The molecular weight excluding hydrogens is 126 g/mol. The third-order valence-electron chi connectivity index (χ3n) is 1.30. The van der Waals surface area contributed by atoms with Crippen LogP contribution in [0.4, 0.5) is 5.82 Å². The summed E-state index contributed by atoms with van der Waals surface area (Å²) in [5.41, 5.74) is 5.40. The summed E-state index contributed by atoms with van der Waals surface area (Å²) in [5.74, 6) is 0.587. The smallest absolute Gasteiger partial charge is 0.145 e. The Kier molecular flexibility index (Phi) is 2.31. The minimum Gasteiger partial charge on any atom is -0.382 e. The molecule has 1 rings (SSSR count). The van der Waals surface area contributed by atoms with E-state index in [0.29, 0.717) is 5.82 Å². The van der Waals surface area contributed by atoms with Crippen molar-refractivity contribution in [1.82, 2.24) is 9.78 Å². The van der Waals surface area contributed by atoms with Gasteiger partial charge in [-0.3, -0.25) is 4.68 Å². The third kappa shape index (κ3) is 1.76. The Hall–Kier alpha value is -0.990. The van der Waals surface area contributed by atoms with Crippen LogP contribution in [0, 0.1) is 6.92 Å². The summed E-state index contributed by atoms with van der Waals surface area (Å²) in [7, 11) is 0. The maximum absolute atomic E-state index is 5.40. The summed E-state index contributed by atoms with van der Waals surface area (Å²) in [6.07, 6.45) is 3.88. The van der Waals surface area contributed by atoms with E-state index in [9.17, 15) is 0 Å². The molecule has 3 heteroatoms. The average molecular weight is 138 g/mol. The van der Waals surface area contributed by atoms with Crippen LogP contribution in [0.2, 0.25) is 0 Å². The van der Waals surface area contributed by atoms with Crippen molar-refractivity contribution < 1.29 is 0 Å². The van der Waals surface area contributed by atoms with Crippen LogP contribution in [0.5, 0.6) is 0 Å². The molecule has 55 valence electrons. The summed E-state index contributed by atoms with van der Waals surface area (Å²) in [6, 6.07) is 1.79. The minimum atomic E-state index is 0.587. The van der Waals surface area contributed by atoms with Gasteiger partial charge in [-0.1, -0.05) is 13.3 Å². The number of hydrogen-bond donors (Lipinski definition) is 1. The SMILES string of the molecule is [CH2]CCCn1ccc(N)n1. The topological polar surface area (TPSA) is 43.8 Å². The lowest BCUT2D eigenvalue weighted by molar-refractivity contribution is 0.585. The second-order valence-electron chi connectivity index (χ2n) is 2.21. The van der Waals surface area contributed by atoms with Gasteiger partial charge in [-0.15, -0.1) is 0 Å². The largest absolute Gasteiger partial charge is 0.382 e. The van der Waals surface area contributed by atoms with Crippen molar-refractivity contribution in [2.75, 3.05) is 5.73 Å². The molecule has 0 saturated heterocycles. The molecule has 0 aromatic carbocycles. The highest BCUT2D eigenvalue weighted by atomic mass is 15.3. The van der Waals surface area contributed by atoms with Crippen LogP contribution in [0.25, 0.3) is 0 Å². The number of nitrogens with two attached hydrogens (primary N) is 1. The summed E-state index contributed by atoms with van der Waals surface area (Å²) in [6.45, 7) is 4.65. The van der Waals surface area contributed by atoms with Crippen LogP contribution in [-0.4, -0.2) is 9.78 Å². The summed E-state index contributed by atoms with van der Waals surface area (Å²) in [4.78, 5) is 0. The molecule has 0 fully saturated rings. The monoisotopic (exact) mass is 138 g/mol. The normalized spacial score (nSPS) is 10.1. The van der Waals surface area contributed by atoms with Gasteiger partial charge in [0.1, 0.15) is 5.82 Å². The van der Waals surface area contributed by atoms with E-state index in [1.807, 2.05) is 10.9 Å². The van der Waals surface area contributed by atoms with Crippen LogP contribution < -0.4 is 5.73 Å². The molecule has 1 radical (unpaired) electrons. The van der Waals surface area contributed by atoms with Crippen molar-refractivity contribution in [3.63, 3.8) is 0 Å². The maximum atomic E-state index is 5.40. The molecule has 1 heterocycles. The van der Waals surface area contributed by atoms with Crippen molar-refractivity contribution in [2.45, 2.75) is 19.4 Å². The van der Waals surface area contributed by atoms with E-state index >= 15 is 0 Å². The van der Waals surface area contributed by atoms with Crippen molar-refractivity contribution in [3.8, 4) is 0 Å². The van der Waals surface area contributed by atoms with Gasteiger partial charge in [0.15, 0.2) is 0 Å². The zero-order valence-corrected chi connectivity index (χ0v) is 5.95. The Morgan fingerprint density at radius 3 is 3.00 bits per heavy atom. The van der Waals surface area contributed by atoms with Crippen LogP contribution in [0.3, 0.4) is 0 Å². The van der Waals surface area contributed by atoms with Crippen molar-refractivity contribution in [2.24, 2.45) is 0 Å². The highest BCUT2D eigenvalue weighted by Gasteiger charge is 1.91. The fourth-order valence-corrected chi connectivity index (χ4v) is 0.776. The van der Waals surface area contributed by atoms with Gasteiger partial charge in [-0.2, -0.15) is 5.10 Å². The fraction of sp³-hybridized carbons (Fsp3) is 0.429. The molecule has 0 aliphatic carbocycles. The fourth-order valence-electron chi connectivity index (χ4n) is 0.776. The van der Waals surface area contributed by atoms with E-state index in [2.05, 4.69) is 12.0 Å². The Labute approximate surface area is 60.8 Å². The predicted molar refractivity (Wildman–Crippen MR) is 41.2 cm³/mol. The molecular formula is C7H12N3. The minimum absolute atomic E-state index is 0.587. The lowest BCUT2D eigenvalue weighted by Crippen LogP contribution is -1.98. The van der Waals surface area contributed by atoms with E-state index in [-0.39, 0.29) is 0 Å². The summed E-state index contributed by atoms with van der Waals surface area (Å²) >= 11 is 0. The van der Waals surface area contributed by atoms with E-state index < -0.39 is 0 Å². The highest BCUT2D eigenvalue weighted by molar-refractivity contribution is 5.23. The van der Waals surface area contributed by atoms with Gasteiger partial charge in [0.05, 0.1) is 0 Å². The molecule has 1 aromatic rings. The Morgan fingerprint density at radius 1 is 1.70 bits per heavy atom. The molecule has 3 nitrogen and oxygen atoms in total. The Bertz CT molecular complexity index is 192. The Balaban J connectivity index is 2.42. The molecule has 1 aromatic heterocycles. The first-order valence-electron chi connectivity index (χ1n) is 3.41. The molecule has 0 spiro atoms. The zero-order valence-electron chi connectivity index (χ0n) is 5.95. The van der Waals surface area contributed by atoms with Gasteiger partial charge >= 0.3 is 0 Å². The Morgan fingerprint density at radius 2 is 2.50 bits per heavy atom. The van der Waals surface area contributed by atoms with Gasteiger partial charge in [-0.05, 0) is 12.5 Å². The van der Waals surface area contributed by atoms with E-state index in [0.717, 1.165) is 19.4 Å². The van der Waals surface area contributed by atoms with E-state index in [1.165, 1.54) is 0 Å². The number of aromatic nitrogens is 2. The highest BCUT2D eigenvalue weighted by Crippen LogP contribution is 1.97. The second-order valence-corrected chi connectivity index (χ2v) is 2.21. The van der Waals surface area contributed by atoms with Crippen molar-refractivity contribution in [3.05, 3.63) is 19.2 Å². The van der Waals surface area contributed by atoms with E-state index in [4.69, 9.17) is 5.73 Å². The molecule has 0 amide bonds. The summed E-state index contributed by atoms with van der Waals surface area (Å²) < 4.78 is 1.83. The second kappa shape index (κ2) is 3.25. The number of nitrogen functional groups attached to an aromatic ring is 1. The van der Waals surface area contributed by atoms with Crippen molar-refractivity contribution in [1.29, 1.82) is 0 Å². The molecule has 0 aliphatic rings. The molecule has 0 bridgehead atoms. The number of rotatable bonds is 3. The summed E-state index contributed by atoms with van der Waals surface area (Å²) in [5, 5.41) is 4.01. The van der Waals surface area contributed by atoms with Crippen molar-refractivity contribution >= 4 is 5.82 Å². The predicted octanol–water partition coefficient (Wildman–Crippen LogP) is 1.08. The molecule has 10 heavy (non-hydrogen) atoms. The number of anilines is 1. The van der Waals surface area contributed by atoms with Gasteiger partial charge < -0.3 is 5.73 Å². The maximum Gasteiger partial charge on any atom is 0.145 e. The average Bonchev–Trinajstić information content (AvgIpc) is 2.31. The quantitative estimate of drug-likeness (QED) is 0.679. The molecule has 2 N–H and O–H groups in total. The van der Waals surface area contributed by atoms with Gasteiger partial charge in [0, 0.05) is 12.7 Å². The first kappa shape index (κ1) is 7.12. The van der Waals surface area contributed by atoms with Gasteiger partial charge in [0.2, 0.25) is 0 Å². The van der Waals surface area contributed by atoms with Gasteiger partial charge in [0.25, 0.3) is 0 Å². The third-order valence-corrected chi connectivity index (χ3v) is 1.30. The molecule has 0 saturated carbocycles. The lowest BCUT2D eigenvalue weighted by Gasteiger charge is -1.96. The number of hydrogen-bond acceptors (Lipinski definition) is 2. The van der Waals surface area contributed by atoms with Crippen LogP contribution >= 0.6 is 0 Å². The molecule has 0 atom stereocenters. The standard InChI is InChI=1S/C7H12N3/c1-2-3-5-10-6-4-7(8)9-10/h4,6H,1-3,5H2,(H2,8,9). The first-order chi connectivity index (χ1) is 4.83. The van der Waals surface area contributed by atoms with E-state index in [1.54, 1.807) is 6.07 Å². The molecule has 0 aliphatic heterocycles. The number of aryl methyl sites for hydroxylation is 1. The number of unbranched alkanes of at least 4 members (excludes halogenated alkanes) is 1. The van der Waals surface area contributed by atoms with Crippen LogP contribution in [-0.2, 0) is 6.54 Å².